The molecule has 0 bridgehead atoms. The third-order valence-electron chi connectivity index (χ3n) is 2.38. The maximum atomic E-state index is 10.9. The molecule has 0 fully saturated rings. The first kappa shape index (κ1) is 12.1. The van der Waals surface area contributed by atoms with Gasteiger partial charge in [-0.1, -0.05) is 31.0 Å². The topological polar surface area (TPSA) is 37.3 Å². The minimum Gasteiger partial charge on any atom is -0.478 e. The quantitative estimate of drug-likeness (QED) is 0.850. The van der Waals surface area contributed by atoms with Crippen molar-refractivity contribution < 1.29 is 9.90 Å². The molecule has 2 nitrogen and oxygen atoms in total. The Morgan fingerprint density at radius 2 is 2.13 bits per heavy atom. The first-order valence-electron chi connectivity index (χ1n) is 5.08. The highest BCUT2D eigenvalue weighted by molar-refractivity contribution is 6.33. The summed E-state index contributed by atoms with van der Waals surface area (Å²) in [7, 11) is 0. The lowest BCUT2D eigenvalue weighted by molar-refractivity contribution is 0.0696. The molecule has 0 amide bonds. The predicted molar refractivity (Wildman–Crippen MR) is 61.8 cm³/mol. The van der Waals surface area contributed by atoms with E-state index in [1.54, 1.807) is 13.0 Å². The molecule has 0 aromatic heterocycles. The van der Waals surface area contributed by atoms with Gasteiger partial charge in [-0.15, -0.1) is 0 Å². The van der Waals surface area contributed by atoms with Crippen molar-refractivity contribution in [1.82, 2.24) is 0 Å². The van der Waals surface area contributed by atoms with Crippen LogP contribution in [0.5, 0.6) is 0 Å². The number of hydrogen-bond acceptors (Lipinski definition) is 1. The minimum atomic E-state index is -0.959. The van der Waals surface area contributed by atoms with E-state index >= 15 is 0 Å². The number of aromatic carboxylic acids is 1. The molecule has 1 aromatic rings. The lowest BCUT2D eigenvalue weighted by Crippen LogP contribution is -2.02. The minimum absolute atomic E-state index is 0.219. The van der Waals surface area contributed by atoms with Gasteiger partial charge < -0.3 is 5.11 Å². The summed E-state index contributed by atoms with van der Waals surface area (Å²) in [5.41, 5.74) is 2.07. The Morgan fingerprint density at radius 1 is 1.47 bits per heavy atom. The van der Waals surface area contributed by atoms with E-state index in [0.29, 0.717) is 5.02 Å². The van der Waals surface area contributed by atoms with Crippen LogP contribution < -0.4 is 0 Å². The van der Waals surface area contributed by atoms with Gasteiger partial charge >= 0.3 is 5.97 Å². The van der Waals surface area contributed by atoms with Crippen LogP contribution in [0.4, 0.5) is 0 Å². The molecule has 0 saturated carbocycles. The van der Waals surface area contributed by atoms with Gasteiger partial charge in [0.15, 0.2) is 0 Å². The smallest absolute Gasteiger partial charge is 0.337 e. The Kier molecular flexibility index (Phi) is 4.15. The molecule has 0 saturated heterocycles. The second-order valence-corrected chi connectivity index (χ2v) is 4.09. The Hall–Kier alpha value is -1.02. The number of benzene rings is 1. The van der Waals surface area contributed by atoms with Crippen molar-refractivity contribution in [2.75, 3.05) is 0 Å². The van der Waals surface area contributed by atoms with Crippen LogP contribution in [0.3, 0.4) is 0 Å². The zero-order valence-electron chi connectivity index (χ0n) is 9.01. The molecule has 0 radical (unpaired) electrons. The molecule has 0 atom stereocenters. The van der Waals surface area contributed by atoms with Crippen molar-refractivity contribution in [3.8, 4) is 0 Å². The molecule has 1 aromatic carbocycles. The second kappa shape index (κ2) is 5.17. The number of carboxylic acids is 1. The van der Waals surface area contributed by atoms with Crippen molar-refractivity contribution >= 4 is 17.6 Å². The average molecular weight is 227 g/mol. The molecule has 82 valence electrons. The van der Waals surface area contributed by atoms with E-state index in [9.17, 15) is 4.79 Å². The van der Waals surface area contributed by atoms with E-state index in [1.807, 2.05) is 6.07 Å². The molecule has 0 aliphatic rings. The molecule has 0 heterocycles. The summed E-state index contributed by atoms with van der Waals surface area (Å²) in [5.74, 6) is -0.959. The number of aryl methyl sites for hydroxylation is 2. The SMILES string of the molecule is CCCCc1cc(C)c(C(=O)O)c(Cl)c1. The lowest BCUT2D eigenvalue weighted by Gasteiger charge is -2.07. The fourth-order valence-electron chi connectivity index (χ4n) is 1.61. The van der Waals surface area contributed by atoms with Crippen molar-refractivity contribution in [2.24, 2.45) is 0 Å². The van der Waals surface area contributed by atoms with Gasteiger partial charge in [0.05, 0.1) is 10.6 Å². The summed E-state index contributed by atoms with van der Waals surface area (Å²) in [6, 6.07) is 3.67. The molecule has 0 unspecified atom stereocenters. The van der Waals surface area contributed by atoms with Crippen LogP contribution in [0.25, 0.3) is 0 Å². The Bertz CT molecular complexity index is 349. The van der Waals surface area contributed by atoms with Crippen LogP contribution in [0.15, 0.2) is 12.1 Å². The molecule has 0 aliphatic heterocycles. The molecule has 1 rings (SSSR count). The van der Waals surface area contributed by atoms with Crippen LogP contribution in [0.2, 0.25) is 5.02 Å². The van der Waals surface area contributed by atoms with Crippen molar-refractivity contribution in [3.05, 3.63) is 33.8 Å². The highest BCUT2D eigenvalue weighted by atomic mass is 35.5. The van der Waals surface area contributed by atoms with E-state index in [0.717, 1.165) is 30.4 Å². The van der Waals surface area contributed by atoms with Crippen molar-refractivity contribution in [3.63, 3.8) is 0 Å². The third kappa shape index (κ3) is 2.96. The van der Waals surface area contributed by atoms with Crippen LogP contribution in [0.1, 0.15) is 41.3 Å². The summed E-state index contributed by atoms with van der Waals surface area (Å²) >= 11 is 5.93. The molecular weight excluding hydrogens is 212 g/mol. The number of unbranched alkanes of at least 4 members (excludes halogenated alkanes) is 1. The van der Waals surface area contributed by atoms with Gasteiger partial charge in [-0.05, 0) is 37.0 Å². The summed E-state index contributed by atoms with van der Waals surface area (Å²) in [6.45, 7) is 3.91. The third-order valence-corrected chi connectivity index (χ3v) is 2.68. The first-order valence-corrected chi connectivity index (χ1v) is 5.46. The zero-order valence-corrected chi connectivity index (χ0v) is 9.77. The number of carbonyl (C=O) groups is 1. The average Bonchev–Trinajstić information content (AvgIpc) is 2.12. The molecule has 15 heavy (non-hydrogen) atoms. The van der Waals surface area contributed by atoms with Gasteiger partial charge in [0.25, 0.3) is 0 Å². The zero-order chi connectivity index (χ0) is 11.4. The number of halogens is 1. The summed E-state index contributed by atoms with van der Waals surface area (Å²) in [6.07, 6.45) is 3.18. The van der Waals surface area contributed by atoms with Gasteiger partial charge in [-0.3, -0.25) is 0 Å². The largest absolute Gasteiger partial charge is 0.478 e. The summed E-state index contributed by atoms with van der Waals surface area (Å²) in [5, 5.41) is 9.27. The molecular formula is C12H15ClO2. The number of hydrogen-bond donors (Lipinski definition) is 1. The van der Waals surface area contributed by atoms with E-state index < -0.39 is 5.97 Å². The van der Waals surface area contributed by atoms with Crippen LogP contribution in [0, 0.1) is 6.92 Å². The van der Waals surface area contributed by atoms with Crippen LogP contribution in [-0.2, 0) is 6.42 Å². The molecule has 0 spiro atoms. The van der Waals surface area contributed by atoms with Gasteiger partial charge in [0.2, 0.25) is 0 Å². The van der Waals surface area contributed by atoms with Crippen molar-refractivity contribution in [2.45, 2.75) is 33.1 Å². The normalized spacial score (nSPS) is 10.3. The second-order valence-electron chi connectivity index (χ2n) is 3.68. The predicted octanol–water partition coefficient (Wildman–Crippen LogP) is 3.69. The number of carboxylic acid groups (broad SMARTS) is 1. The fourth-order valence-corrected chi connectivity index (χ4v) is 1.98. The highest BCUT2D eigenvalue weighted by Gasteiger charge is 2.12. The standard InChI is InChI=1S/C12H15ClO2/c1-3-4-5-9-6-8(2)11(12(14)15)10(13)7-9/h6-7H,3-5H2,1-2H3,(H,14,15). The lowest BCUT2D eigenvalue weighted by atomic mass is 10.0. The monoisotopic (exact) mass is 226 g/mol. The maximum Gasteiger partial charge on any atom is 0.337 e. The van der Waals surface area contributed by atoms with E-state index in [4.69, 9.17) is 16.7 Å². The molecule has 1 N–H and O–H groups in total. The van der Waals surface area contributed by atoms with Gasteiger partial charge in [0.1, 0.15) is 0 Å². The first-order chi connectivity index (χ1) is 7.06. The highest BCUT2D eigenvalue weighted by Crippen LogP contribution is 2.23. The van der Waals surface area contributed by atoms with E-state index in [-0.39, 0.29) is 5.56 Å². The van der Waals surface area contributed by atoms with Crippen LogP contribution in [-0.4, -0.2) is 11.1 Å². The molecule has 3 heteroatoms. The fraction of sp³-hybridized carbons (Fsp3) is 0.417. The Labute approximate surface area is 94.9 Å². The van der Waals surface area contributed by atoms with Gasteiger partial charge in [-0.25, -0.2) is 4.79 Å². The maximum absolute atomic E-state index is 10.9. The van der Waals surface area contributed by atoms with Crippen LogP contribution >= 0.6 is 11.6 Å². The van der Waals surface area contributed by atoms with E-state index in [2.05, 4.69) is 6.92 Å². The molecule has 0 aliphatic carbocycles. The van der Waals surface area contributed by atoms with Crippen molar-refractivity contribution in [1.29, 1.82) is 0 Å². The summed E-state index contributed by atoms with van der Waals surface area (Å²) < 4.78 is 0. The summed E-state index contributed by atoms with van der Waals surface area (Å²) in [4.78, 5) is 10.9. The Morgan fingerprint density at radius 3 is 2.60 bits per heavy atom. The Balaban J connectivity index is 3.03. The van der Waals surface area contributed by atoms with E-state index in [1.165, 1.54) is 0 Å². The van der Waals surface area contributed by atoms with Gasteiger partial charge in [-0.2, -0.15) is 0 Å². The van der Waals surface area contributed by atoms with Gasteiger partial charge in [0, 0.05) is 0 Å². The number of rotatable bonds is 4.